The lowest BCUT2D eigenvalue weighted by molar-refractivity contribution is -0.118. The fourth-order valence-corrected chi connectivity index (χ4v) is 2.89. The van der Waals surface area contributed by atoms with Gasteiger partial charge in [-0.05, 0) is 48.4 Å². The van der Waals surface area contributed by atoms with Gasteiger partial charge in [0.05, 0.1) is 12.8 Å². The number of carbonyl (C=O) groups is 3. The number of rotatable bonds is 7. The van der Waals surface area contributed by atoms with E-state index in [9.17, 15) is 14.4 Å². The van der Waals surface area contributed by atoms with E-state index in [1.54, 1.807) is 56.6 Å². The van der Waals surface area contributed by atoms with Gasteiger partial charge in [-0.3, -0.25) is 14.4 Å². The lowest BCUT2D eigenvalue weighted by atomic mass is 10.0. The highest BCUT2D eigenvalue weighted by molar-refractivity contribution is 6.30. The summed E-state index contributed by atoms with van der Waals surface area (Å²) in [5.74, 6) is -0.780. The number of nitrogens with one attached hydrogen (secondary N) is 2. The second-order valence-corrected chi connectivity index (χ2v) is 7.74. The van der Waals surface area contributed by atoms with Crippen molar-refractivity contribution >= 4 is 35.0 Å². The van der Waals surface area contributed by atoms with Crippen LogP contribution in [0.1, 0.15) is 34.6 Å². The van der Waals surface area contributed by atoms with E-state index in [1.807, 2.05) is 13.8 Å². The summed E-state index contributed by atoms with van der Waals surface area (Å²) in [5, 5.41) is 6.05. The SMILES string of the molecule is COc1ccc(C(=O)N(C)C)cc1NC(=O)C(NC(=O)c1ccc(Cl)cc1)C(C)C. The van der Waals surface area contributed by atoms with Gasteiger partial charge >= 0.3 is 0 Å². The Morgan fingerprint density at radius 2 is 1.60 bits per heavy atom. The Kier molecular flexibility index (Phi) is 7.83. The van der Waals surface area contributed by atoms with E-state index < -0.39 is 11.9 Å². The van der Waals surface area contributed by atoms with Crippen LogP contribution in [0.15, 0.2) is 42.5 Å². The summed E-state index contributed by atoms with van der Waals surface area (Å²) in [5.41, 5.74) is 1.15. The summed E-state index contributed by atoms with van der Waals surface area (Å²) in [6.07, 6.45) is 0. The standard InChI is InChI=1S/C22H26ClN3O4/c1-13(2)19(25-20(27)14-6-9-16(23)10-7-14)21(28)24-17-12-15(22(29)26(3)4)8-11-18(17)30-5/h6-13,19H,1-5H3,(H,24,28)(H,25,27). The molecule has 1 atom stereocenters. The summed E-state index contributed by atoms with van der Waals surface area (Å²) in [7, 11) is 4.76. The summed E-state index contributed by atoms with van der Waals surface area (Å²) >= 11 is 5.86. The number of methoxy groups -OCH3 is 1. The van der Waals surface area contributed by atoms with Crippen LogP contribution in [0.3, 0.4) is 0 Å². The average molecular weight is 432 g/mol. The normalized spacial score (nSPS) is 11.6. The first-order valence-corrected chi connectivity index (χ1v) is 9.78. The number of nitrogens with zero attached hydrogens (tertiary/aromatic N) is 1. The molecule has 2 aromatic carbocycles. The number of benzene rings is 2. The summed E-state index contributed by atoms with van der Waals surface area (Å²) < 4.78 is 5.30. The van der Waals surface area contributed by atoms with Crippen molar-refractivity contribution in [2.24, 2.45) is 5.92 Å². The van der Waals surface area contributed by atoms with E-state index >= 15 is 0 Å². The molecule has 0 aliphatic rings. The van der Waals surface area contributed by atoms with Crippen LogP contribution in [0.5, 0.6) is 5.75 Å². The van der Waals surface area contributed by atoms with Gasteiger partial charge in [-0.15, -0.1) is 0 Å². The molecular weight excluding hydrogens is 406 g/mol. The van der Waals surface area contributed by atoms with Crippen molar-refractivity contribution in [1.29, 1.82) is 0 Å². The van der Waals surface area contributed by atoms with Crippen molar-refractivity contribution in [3.05, 3.63) is 58.6 Å². The van der Waals surface area contributed by atoms with E-state index in [0.717, 1.165) is 0 Å². The highest BCUT2D eigenvalue weighted by Gasteiger charge is 2.26. The highest BCUT2D eigenvalue weighted by Crippen LogP contribution is 2.26. The summed E-state index contributed by atoms with van der Waals surface area (Å²) in [6.45, 7) is 3.66. The van der Waals surface area contributed by atoms with Gasteiger partial charge in [0.15, 0.2) is 0 Å². The molecule has 0 aliphatic carbocycles. The Morgan fingerprint density at radius 3 is 2.13 bits per heavy atom. The third-order valence-electron chi connectivity index (χ3n) is 4.45. The minimum absolute atomic E-state index is 0.182. The third-order valence-corrected chi connectivity index (χ3v) is 4.70. The zero-order valence-corrected chi connectivity index (χ0v) is 18.4. The van der Waals surface area contributed by atoms with Crippen molar-refractivity contribution in [2.75, 3.05) is 26.5 Å². The van der Waals surface area contributed by atoms with Crippen LogP contribution in [0, 0.1) is 5.92 Å². The van der Waals surface area contributed by atoms with Crippen LogP contribution in [-0.2, 0) is 4.79 Å². The third kappa shape index (κ3) is 5.73. The molecule has 0 saturated carbocycles. The topological polar surface area (TPSA) is 87.7 Å². The molecule has 0 spiro atoms. The number of anilines is 1. The Balaban J connectivity index is 2.23. The quantitative estimate of drug-likeness (QED) is 0.702. The molecule has 30 heavy (non-hydrogen) atoms. The lowest BCUT2D eigenvalue weighted by Crippen LogP contribution is -2.47. The first kappa shape index (κ1) is 23.2. The molecule has 0 radical (unpaired) electrons. The van der Waals surface area contributed by atoms with Crippen LogP contribution in [0.2, 0.25) is 5.02 Å². The molecule has 0 aromatic heterocycles. The molecule has 8 heteroatoms. The van der Waals surface area contributed by atoms with Crippen molar-refractivity contribution in [2.45, 2.75) is 19.9 Å². The van der Waals surface area contributed by atoms with Gasteiger partial charge in [0.25, 0.3) is 11.8 Å². The molecular formula is C22H26ClN3O4. The minimum atomic E-state index is -0.800. The highest BCUT2D eigenvalue weighted by atomic mass is 35.5. The molecule has 2 aromatic rings. The van der Waals surface area contributed by atoms with Gasteiger partial charge in [0, 0.05) is 30.2 Å². The number of hydrogen-bond acceptors (Lipinski definition) is 4. The molecule has 0 bridgehead atoms. The predicted octanol–water partition coefficient (Wildman–Crippen LogP) is 3.44. The minimum Gasteiger partial charge on any atom is -0.495 e. The maximum atomic E-state index is 13.0. The maximum Gasteiger partial charge on any atom is 0.253 e. The van der Waals surface area contributed by atoms with E-state index in [1.165, 1.54) is 12.0 Å². The molecule has 160 valence electrons. The second kappa shape index (κ2) is 10.1. The van der Waals surface area contributed by atoms with Gasteiger partial charge < -0.3 is 20.3 Å². The van der Waals surface area contributed by atoms with E-state index in [2.05, 4.69) is 10.6 Å². The predicted molar refractivity (Wildman–Crippen MR) is 117 cm³/mol. The smallest absolute Gasteiger partial charge is 0.253 e. The lowest BCUT2D eigenvalue weighted by Gasteiger charge is -2.23. The second-order valence-electron chi connectivity index (χ2n) is 7.31. The van der Waals surface area contributed by atoms with E-state index in [0.29, 0.717) is 27.6 Å². The Hall–Kier alpha value is -3.06. The Morgan fingerprint density at radius 1 is 1.00 bits per heavy atom. The molecule has 0 aliphatic heterocycles. The first-order valence-electron chi connectivity index (χ1n) is 9.41. The zero-order chi connectivity index (χ0) is 22.4. The number of amides is 3. The largest absolute Gasteiger partial charge is 0.495 e. The fourth-order valence-electron chi connectivity index (χ4n) is 2.77. The summed E-state index contributed by atoms with van der Waals surface area (Å²) in [4.78, 5) is 39.2. The molecule has 0 fully saturated rings. The zero-order valence-electron chi connectivity index (χ0n) is 17.7. The molecule has 2 N–H and O–H groups in total. The number of hydrogen-bond donors (Lipinski definition) is 2. The summed E-state index contributed by atoms with van der Waals surface area (Å²) in [6, 6.07) is 10.4. The van der Waals surface area contributed by atoms with Crippen LogP contribution in [-0.4, -0.2) is 49.9 Å². The Bertz CT molecular complexity index is 926. The molecule has 0 saturated heterocycles. The van der Waals surface area contributed by atoms with Crippen LogP contribution in [0.25, 0.3) is 0 Å². The number of carbonyl (C=O) groups excluding carboxylic acids is 3. The van der Waals surface area contributed by atoms with Gasteiger partial charge in [-0.25, -0.2) is 0 Å². The van der Waals surface area contributed by atoms with Gasteiger partial charge in [0.1, 0.15) is 11.8 Å². The molecule has 2 rings (SSSR count). The Labute approximate surface area is 181 Å². The van der Waals surface area contributed by atoms with Crippen molar-refractivity contribution < 1.29 is 19.1 Å². The number of halogens is 1. The van der Waals surface area contributed by atoms with Crippen LogP contribution in [0.4, 0.5) is 5.69 Å². The molecule has 3 amide bonds. The monoisotopic (exact) mass is 431 g/mol. The van der Waals surface area contributed by atoms with Gasteiger partial charge in [-0.2, -0.15) is 0 Å². The van der Waals surface area contributed by atoms with Crippen LogP contribution >= 0.6 is 11.6 Å². The van der Waals surface area contributed by atoms with Gasteiger partial charge in [0.2, 0.25) is 5.91 Å². The molecule has 1 unspecified atom stereocenters. The van der Waals surface area contributed by atoms with E-state index in [4.69, 9.17) is 16.3 Å². The molecule has 7 nitrogen and oxygen atoms in total. The van der Waals surface area contributed by atoms with E-state index in [-0.39, 0.29) is 17.7 Å². The fraction of sp³-hybridized carbons (Fsp3) is 0.318. The number of ether oxygens (including phenoxy) is 1. The molecule has 0 heterocycles. The van der Waals surface area contributed by atoms with Gasteiger partial charge in [-0.1, -0.05) is 25.4 Å². The van der Waals surface area contributed by atoms with Crippen LogP contribution < -0.4 is 15.4 Å². The van der Waals surface area contributed by atoms with Crippen molar-refractivity contribution in [3.63, 3.8) is 0 Å². The van der Waals surface area contributed by atoms with Crippen molar-refractivity contribution in [3.8, 4) is 5.75 Å². The first-order chi connectivity index (χ1) is 14.1. The average Bonchev–Trinajstić information content (AvgIpc) is 2.71. The maximum absolute atomic E-state index is 13.0. The van der Waals surface area contributed by atoms with Crippen molar-refractivity contribution in [1.82, 2.24) is 10.2 Å².